The molecule has 0 spiro atoms. The van der Waals surface area contributed by atoms with E-state index in [4.69, 9.17) is 0 Å². The van der Waals surface area contributed by atoms with E-state index in [1.54, 1.807) is 12.4 Å². The number of nitrogens with zero attached hydrogens (tertiary/aromatic N) is 5. The van der Waals surface area contributed by atoms with Crippen molar-refractivity contribution in [2.24, 2.45) is 7.05 Å². The number of thiazole rings is 1. The van der Waals surface area contributed by atoms with Gasteiger partial charge in [-0.05, 0) is 16.0 Å². The number of carboxylic acid groups (broad SMARTS) is 1. The first-order valence-corrected chi connectivity index (χ1v) is 11.5. The maximum absolute atomic E-state index is 12.6. The van der Waals surface area contributed by atoms with Crippen LogP contribution in [0.15, 0.2) is 26.6 Å². The van der Waals surface area contributed by atoms with E-state index in [1.807, 2.05) is 0 Å². The summed E-state index contributed by atoms with van der Waals surface area (Å²) in [4.78, 5) is 51.2. The van der Waals surface area contributed by atoms with Gasteiger partial charge in [0.05, 0.1) is 18.1 Å². The van der Waals surface area contributed by atoms with Gasteiger partial charge in [-0.2, -0.15) is 0 Å². The minimum atomic E-state index is -1.44. The van der Waals surface area contributed by atoms with Gasteiger partial charge >= 0.3 is 34.4 Å². The standard InChI is InChI=1S/C15H15N7O5S3.Na/c1-21-14(18-19-20-21)29-4-6-3-28-12-9(11(24)22(12)10(6)13(25)26)17-8(23)2-7-5-30-15(27)16-7;/h5,9,12H,2-4H2,1H3,(H,16,27)(H,17,23)(H,25,26);/q;+1/p-1/t9?,12-;/m0./s1. The van der Waals surface area contributed by atoms with Gasteiger partial charge in [-0.25, -0.2) is 4.68 Å². The Kier molecular flexibility index (Phi) is 7.64. The largest absolute Gasteiger partial charge is 1.00 e. The number of aryl methyl sites for hydroxylation is 1. The first kappa shape index (κ1) is 24.0. The molecule has 2 amide bonds. The Bertz CT molecular complexity index is 1110. The number of aliphatic carboxylic acids is 1. The van der Waals surface area contributed by atoms with Gasteiger partial charge in [0.1, 0.15) is 11.4 Å². The SMILES string of the molecule is Cn1nnnc1SCC1=C(C(=O)[O-])N2C(=O)C(NC(=O)Cc3csc(=O)[nH]3)[C@@H]2SC1.[Na+]. The van der Waals surface area contributed by atoms with Crippen molar-refractivity contribution in [2.75, 3.05) is 11.5 Å². The monoisotopic (exact) mass is 491 g/mol. The molecular weight excluding hydrogens is 477 g/mol. The Morgan fingerprint density at radius 2 is 2.19 bits per heavy atom. The molecule has 2 aliphatic rings. The van der Waals surface area contributed by atoms with Crippen LogP contribution in [0, 0.1) is 0 Å². The number of tetrazole rings is 1. The molecule has 4 heterocycles. The molecule has 158 valence electrons. The van der Waals surface area contributed by atoms with Crippen LogP contribution in [-0.2, 0) is 27.9 Å². The van der Waals surface area contributed by atoms with Gasteiger partial charge in [0.2, 0.25) is 11.1 Å². The van der Waals surface area contributed by atoms with E-state index in [-0.39, 0.29) is 52.3 Å². The summed E-state index contributed by atoms with van der Waals surface area (Å²) in [7, 11) is 1.67. The van der Waals surface area contributed by atoms with Gasteiger partial charge in [0.25, 0.3) is 5.91 Å². The van der Waals surface area contributed by atoms with Crippen molar-refractivity contribution in [1.29, 1.82) is 0 Å². The molecule has 16 heteroatoms. The van der Waals surface area contributed by atoms with Gasteiger partial charge < -0.3 is 20.2 Å². The third kappa shape index (κ3) is 4.90. The molecule has 1 saturated heterocycles. The molecule has 2 atom stereocenters. The third-order valence-corrected chi connectivity index (χ3v) is 7.59. The van der Waals surface area contributed by atoms with Gasteiger partial charge in [-0.3, -0.25) is 19.3 Å². The summed E-state index contributed by atoms with van der Waals surface area (Å²) in [6.07, 6.45) is -0.0727. The average Bonchev–Trinajstić information content (AvgIpc) is 3.31. The Hall–Kier alpha value is -1.65. The van der Waals surface area contributed by atoms with Crippen molar-refractivity contribution < 1.29 is 49.0 Å². The smallest absolute Gasteiger partial charge is 0.543 e. The number of fused-ring (bicyclic) bond motifs is 1. The van der Waals surface area contributed by atoms with E-state index in [1.165, 1.54) is 28.2 Å². The summed E-state index contributed by atoms with van der Waals surface area (Å²) >= 11 is 3.56. The predicted molar refractivity (Wildman–Crippen MR) is 105 cm³/mol. The zero-order valence-electron chi connectivity index (χ0n) is 16.4. The van der Waals surface area contributed by atoms with E-state index in [2.05, 4.69) is 25.8 Å². The Labute approximate surface area is 209 Å². The number of H-pyrrole nitrogens is 1. The van der Waals surface area contributed by atoms with Gasteiger partial charge in [0.15, 0.2) is 0 Å². The summed E-state index contributed by atoms with van der Waals surface area (Å²) in [6.45, 7) is 0. The number of carboxylic acids is 1. The van der Waals surface area contributed by atoms with Crippen LogP contribution in [0.3, 0.4) is 0 Å². The molecule has 1 unspecified atom stereocenters. The number of hydrogen-bond donors (Lipinski definition) is 2. The first-order valence-electron chi connectivity index (χ1n) is 8.54. The number of carbonyl (C=O) groups is 3. The molecule has 12 nitrogen and oxygen atoms in total. The molecule has 4 rings (SSSR count). The second kappa shape index (κ2) is 9.87. The number of rotatable bonds is 7. The molecule has 0 radical (unpaired) electrons. The number of amides is 2. The second-order valence-corrected chi connectivity index (χ2v) is 9.31. The third-order valence-electron chi connectivity index (χ3n) is 4.44. The summed E-state index contributed by atoms with van der Waals surface area (Å²) in [5.41, 5.74) is 0.813. The fraction of sp³-hybridized carbons (Fsp3) is 0.400. The van der Waals surface area contributed by atoms with E-state index in [0.717, 1.165) is 16.2 Å². The zero-order valence-corrected chi connectivity index (χ0v) is 20.8. The molecule has 2 aromatic rings. The van der Waals surface area contributed by atoms with Crippen LogP contribution in [0.5, 0.6) is 0 Å². The minimum Gasteiger partial charge on any atom is -0.543 e. The van der Waals surface area contributed by atoms with Crippen molar-refractivity contribution >= 4 is 52.6 Å². The number of aromatic amines is 1. The van der Waals surface area contributed by atoms with Crippen LogP contribution in [0.1, 0.15) is 5.69 Å². The van der Waals surface area contributed by atoms with Gasteiger partial charge in [-0.1, -0.05) is 23.1 Å². The molecular formula is C15H14N7NaO5S3. The molecule has 0 bridgehead atoms. The fourth-order valence-electron chi connectivity index (χ4n) is 3.08. The van der Waals surface area contributed by atoms with E-state index in [9.17, 15) is 24.3 Å². The van der Waals surface area contributed by atoms with Crippen molar-refractivity contribution in [3.8, 4) is 0 Å². The maximum atomic E-state index is 12.6. The van der Waals surface area contributed by atoms with E-state index < -0.39 is 29.2 Å². The van der Waals surface area contributed by atoms with Crippen molar-refractivity contribution in [1.82, 2.24) is 35.4 Å². The molecule has 31 heavy (non-hydrogen) atoms. The van der Waals surface area contributed by atoms with E-state index in [0.29, 0.717) is 22.2 Å². The predicted octanol–water partition coefficient (Wildman–Crippen LogP) is -5.30. The van der Waals surface area contributed by atoms with Crippen LogP contribution in [0.4, 0.5) is 0 Å². The number of thioether (sulfide) groups is 2. The van der Waals surface area contributed by atoms with Crippen LogP contribution < -0.4 is 44.9 Å². The molecule has 2 aliphatic heterocycles. The number of β-lactam (4-membered cyclic amide) rings is 1. The van der Waals surface area contributed by atoms with Crippen LogP contribution in [0.25, 0.3) is 0 Å². The minimum absolute atomic E-state index is 0. The number of hydrogen-bond acceptors (Lipinski definition) is 11. The summed E-state index contributed by atoms with van der Waals surface area (Å²) in [6, 6.07) is -0.834. The molecule has 0 saturated carbocycles. The van der Waals surface area contributed by atoms with Crippen LogP contribution >= 0.6 is 34.9 Å². The number of carbonyl (C=O) groups excluding carboxylic acids is 3. The van der Waals surface area contributed by atoms with Crippen molar-refractivity contribution in [3.05, 3.63) is 32.0 Å². The van der Waals surface area contributed by atoms with Crippen molar-refractivity contribution in [2.45, 2.75) is 23.0 Å². The van der Waals surface area contributed by atoms with Crippen LogP contribution in [0.2, 0.25) is 0 Å². The summed E-state index contributed by atoms with van der Waals surface area (Å²) in [5, 5.41) is 27.0. The fourth-order valence-corrected chi connectivity index (χ4v) is 5.99. The first-order chi connectivity index (χ1) is 14.3. The van der Waals surface area contributed by atoms with Gasteiger partial charge in [-0.15, -0.1) is 16.9 Å². The normalized spacial score (nSPS) is 20.0. The second-order valence-electron chi connectivity index (χ2n) is 6.42. The Morgan fingerprint density at radius 3 is 2.81 bits per heavy atom. The molecule has 0 aliphatic carbocycles. The van der Waals surface area contributed by atoms with E-state index >= 15 is 0 Å². The van der Waals surface area contributed by atoms with Crippen molar-refractivity contribution in [3.63, 3.8) is 0 Å². The molecule has 1 fully saturated rings. The Morgan fingerprint density at radius 1 is 1.42 bits per heavy atom. The molecule has 2 N–H and O–H groups in total. The van der Waals surface area contributed by atoms with Gasteiger partial charge in [0, 0.05) is 29.6 Å². The number of nitrogens with one attached hydrogen (secondary N) is 2. The average molecular weight is 492 g/mol. The quantitative estimate of drug-likeness (QED) is 0.217. The number of aromatic nitrogens is 5. The summed E-state index contributed by atoms with van der Waals surface area (Å²) < 4.78 is 1.46. The molecule has 0 aromatic carbocycles. The topological polar surface area (TPSA) is 166 Å². The maximum Gasteiger partial charge on any atom is 1.00 e. The summed E-state index contributed by atoms with van der Waals surface area (Å²) in [5.74, 6) is -1.75. The molecule has 2 aromatic heterocycles. The van der Waals surface area contributed by atoms with Crippen LogP contribution in [-0.4, -0.2) is 70.8 Å². The zero-order chi connectivity index (χ0) is 21.4. The Balaban J connectivity index is 0.00000272.